The number of aliphatic imine (C=N–C) groups is 1. The largest absolute Gasteiger partial charge is 0.497 e. The number of amides is 1. The fraction of sp³-hybridized carbons (Fsp3) is 0.526. The minimum Gasteiger partial charge on any atom is -0.497 e. The minimum atomic E-state index is -0.210. The molecule has 0 aromatic heterocycles. The third-order valence-electron chi connectivity index (χ3n) is 4.68. The molecule has 1 heterocycles. The van der Waals surface area contributed by atoms with E-state index < -0.39 is 0 Å². The van der Waals surface area contributed by atoms with Crippen molar-refractivity contribution in [3.63, 3.8) is 0 Å². The van der Waals surface area contributed by atoms with Crippen molar-refractivity contribution in [2.75, 3.05) is 40.9 Å². The number of esters is 1. The van der Waals surface area contributed by atoms with Gasteiger partial charge in [-0.2, -0.15) is 0 Å². The van der Waals surface area contributed by atoms with Gasteiger partial charge in [-0.05, 0) is 23.6 Å². The van der Waals surface area contributed by atoms with Crippen molar-refractivity contribution in [1.82, 2.24) is 15.5 Å². The lowest BCUT2D eigenvalue weighted by Gasteiger charge is -2.21. The Bertz CT molecular complexity index is 681. The van der Waals surface area contributed by atoms with Crippen LogP contribution in [0.5, 0.6) is 5.75 Å². The van der Waals surface area contributed by atoms with Crippen molar-refractivity contribution < 1.29 is 19.1 Å². The molecule has 2 unspecified atom stereocenters. The summed E-state index contributed by atoms with van der Waals surface area (Å²) < 4.78 is 9.97. The number of nitrogens with one attached hydrogen (secondary N) is 2. The minimum absolute atomic E-state index is 0. The van der Waals surface area contributed by atoms with Crippen molar-refractivity contribution in [3.05, 3.63) is 29.8 Å². The molecule has 1 amide bonds. The first-order chi connectivity index (χ1) is 13.0. The zero-order valence-electron chi connectivity index (χ0n) is 16.7. The lowest BCUT2D eigenvalue weighted by atomic mass is 9.99. The number of nitrogens with zero attached hydrogens (tertiary/aromatic N) is 2. The third kappa shape index (κ3) is 6.54. The molecule has 0 radical (unpaired) electrons. The number of guanidine groups is 1. The second-order valence-corrected chi connectivity index (χ2v) is 6.54. The molecule has 1 fully saturated rings. The van der Waals surface area contributed by atoms with Gasteiger partial charge in [-0.25, -0.2) is 0 Å². The van der Waals surface area contributed by atoms with E-state index >= 15 is 0 Å². The highest BCUT2D eigenvalue weighted by Crippen LogP contribution is 2.23. The molecule has 0 bridgehead atoms. The standard InChI is InChI=1S/C19H28N4O4.HI/c1-13-11-23(12-16(13)18(25)27-4)19(20-2)22-10-17(24)21-9-14-5-7-15(26-3)8-6-14;/h5-8,13,16H,9-12H2,1-4H3,(H,20,22)(H,21,24);1H. The number of carbonyl (C=O) groups is 2. The molecule has 0 saturated carbocycles. The van der Waals surface area contributed by atoms with Crippen LogP contribution in [-0.4, -0.2) is 63.6 Å². The average Bonchev–Trinajstić information content (AvgIpc) is 3.08. The summed E-state index contributed by atoms with van der Waals surface area (Å²) in [6, 6.07) is 7.52. The summed E-state index contributed by atoms with van der Waals surface area (Å²) in [7, 11) is 4.68. The van der Waals surface area contributed by atoms with E-state index in [4.69, 9.17) is 9.47 Å². The molecule has 0 aliphatic carbocycles. The van der Waals surface area contributed by atoms with Gasteiger partial charge in [0.05, 0.1) is 26.7 Å². The molecule has 1 aliphatic rings. The summed E-state index contributed by atoms with van der Waals surface area (Å²) in [6.45, 7) is 3.77. The van der Waals surface area contributed by atoms with E-state index in [9.17, 15) is 9.59 Å². The summed E-state index contributed by atoms with van der Waals surface area (Å²) >= 11 is 0. The summed E-state index contributed by atoms with van der Waals surface area (Å²) in [5.41, 5.74) is 0.989. The molecule has 156 valence electrons. The first kappa shape index (κ1) is 24.0. The number of carbonyl (C=O) groups excluding carboxylic acids is 2. The summed E-state index contributed by atoms with van der Waals surface area (Å²) in [6.07, 6.45) is 0. The SMILES string of the molecule is CN=C(NCC(=O)NCc1ccc(OC)cc1)N1CC(C)C(C(=O)OC)C1.I. The molecule has 2 atom stereocenters. The first-order valence-electron chi connectivity index (χ1n) is 8.91. The maximum Gasteiger partial charge on any atom is 0.310 e. The second kappa shape index (κ2) is 11.7. The maximum atomic E-state index is 12.1. The van der Waals surface area contributed by atoms with Crippen molar-refractivity contribution in [1.29, 1.82) is 0 Å². The maximum absolute atomic E-state index is 12.1. The number of hydrogen-bond donors (Lipinski definition) is 2. The fourth-order valence-electron chi connectivity index (χ4n) is 3.10. The quantitative estimate of drug-likeness (QED) is 0.262. The van der Waals surface area contributed by atoms with Gasteiger partial charge >= 0.3 is 5.97 Å². The van der Waals surface area contributed by atoms with Crippen LogP contribution in [0.3, 0.4) is 0 Å². The second-order valence-electron chi connectivity index (χ2n) is 6.54. The van der Waals surface area contributed by atoms with Crippen molar-refractivity contribution in [3.8, 4) is 5.75 Å². The van der Waals surface area contributed by atoms with Crippen LogP contribution in [0.2, 0.25) is 0 Å². The molecule has 1 aromatic rings. The molecule has 9 heteroatoms. The molecular formula is C19H29IN4O4. The van der Waals surface area contributed by atoms with Crippen molar-refractivity contribution in [2.45, 2.75) is 13.5 Å². The number of methoxy groups -OCH3 is 2. The van der Waals surface area contributed by atoms with Crippen LogP contribution in [0, 0.1) is 11.8 Å². The van der Waals surface area contributed by atoms with Gasteiger partial charge in [-0.15, -0.1) is 24.0 Å². The normalized spacial score (nSPS) is 18.9. The molecular weight excluding hydrogens is 475 g/mol. The van der Waals surface area contributed by atoms with Crippen LogP contribution < -0.4 is 15.4 Å². The van der Waals surface area contributed by atoms with Crippen molar-refractivity contribution in [2.24, 2.45) is 16.8 Å². The van der Waals surface area contributed by atoms with Gasteiger partial charge in [-0.1, -0.05) is 19.1 Å². The van der Waals surface area contributed by atoms with Crippen LogP contribution in [0.1, 0.15) is 12.5 Å². The van der Waals surface area contributed by atoms with E-state index in [-0.39, 0.29) is 54.2 Å². The predicted octanol–water partition coefficient (Wildman–Crippen LogP) is 1.25. The Morgan fingerprint density at radius 3 is 2.43 bits per heavy atom. The average molecular weight is 504 g/mol. The van der Waals surface area contributed by atoms with E-state index in [1.165, 1.54) is 7.11 Å². The van der Waals surface area contributed by atoms with Gasteiger partial charge in [0.2, 0.25) is 5.91 Å². The fourth-order valence-corrected chi connectivity index (χ4v) is 3.10. The molecule has 8 nitrogen and oxygen atoms in total. The zero-order chi connectivity index (χ0) is 19.8. The van der Waals surface area contributed by atoms with Gasteiger partial charge in [0, 0.05) is 26.7 Å². The summed E-state index contributed by atoms with van der Waals surface area (Å²) in [5.74, 6) is 1.02. The van der Waals surface area contributed by atoms with Crippen LogP contribution in [0.4, 0.5) is 0 Å². The molecule has 1 aromatic carbocycles. The smallest absolute Gasteiger partial charge is 0.310 e. The number of ether oxygens (including phenoxy) is 2. The molecule has 1 aliphatic heterocycles. The Morgan fingerprint density at radius 2 is 1.86 bits per heavy atom. The Hall–Kier alpha value is -2.04. The van der Waals surface area contributed by atoms with Crippen LogP contribution in [0.15, 0.2) is 29.3 Å². The predicted molar refractivity (Wildman–Crippen MR) is 118 cm³/mol. The van der Waals surface area contributed by atoms with Crippen LogP contribution >= 0.6 is 24.0 Å². The third-order valence-corrected chi connectivity index (χ3v) is 4.68. The molecule has 2 rings (SSSR count). The van der Waals surface area contributed by atoms with Gasteiger partial charge in [0.15, 0.2) is 5.96 Å². The molecule has 1 saturated heterocycles. The summed E-state index contributed by atoms with van der Waals surface area (Å²) in [5, 5.41) is 5.92. The lowest BCUT2D eigenvalue weighted by Crippen LogP contribution is -2.44. The molecule has 28 heavy (non-hydrogen) atoms. The number of rotatable bonds is 6. The number of benzene rings is 1. The van der Waals surface area contributed by atoms with Crippen LogP contribution in [-0.2, 0) is 20.9 Å². The summed E-state index contributed by atoms with van der Waals surface area (Å²) in [4.78, 5) is 30.1. The van der Waals surface area contributed by atoms with Gasteiger partial charge in [0.1, 0.15) is 5.75 Å². The Labute approximate surface area is 183 Å². The zero-order valence-corrected chi connectivity index (χ0v) is 19.1. The Morgan fingerprint density at radius 1 is 1.18 bits per heavy atom. The number of hydrogen-bond acceptors (Lipinski definition) is 5. The Balaban J connectivity index is 0.00000392. The van der Waals surface area contributed by atoms with E-state index in [1.54, 1.807) is 14.2 Å². The van der Waals surface area contributed by atoms with E-state index in [0.717, 1.165) is 11.3 Å². The molecule has 2 N–H and O–H groups in total. The van der Waals surface area contributed by atoms with Crippen molar-refractivity contribution >= 4 is 41.8 Å². The lowest BCUT2D eigenvalue weighted by molar-refractivity contribution is -0.146. The first-order valence-corrected chi connectivity index (χ1v) is 8.91. The number of likely N-dealkylation sites (tertiary alicyclic amines) is 1. The molecule has 0 spiro atoms. The monoisotopic (exact) mass is 504 g/mol. The van der Waals surface area contributed by atoms with Gasteiger partial charge in [0.25, 0.3) is 0 Å². The highest BCUT2D eigenvalue weighted by Gasteiger charge is 2.36. The highest BCUT2D eigenvalue weighted by atomic mass is 127. The van der Waals surface area contributed by atoms with Gasteiger partial charge < -0.3 is 25.0 Å². The van der Waals surface area contributed by atoms with E-state index in [0.29, 0.717) is 25.6 Å². The van der Waals surface area contributed by atoms with Gasteiger partial charge in [-0.3, -0.25) is 14.6 Å². The van der Waals surface area contributed by atoms with E-state index in [2.05, 4.69) is 15.6 Å². The van der Waals surface area contributed by atoms with E-state index in [1.807, 2.05) is 36.1 Å². The van der Waals surface area contributed by atoms with Crippen LogP contribution in [0.25, 0.3) is 0 Å². The topological polar surface area (TPSA) is 92.3 Å². The Kier molecular flexibility index (Phi) is 10.0. The highest BCUT2D eigenvalue weighted by molar-refractivity contribution is 14.0. The number of halogens is 1.